The Bertz CT molecular complexity index is 973. The molecule has 1 fully saturated rings. The second-order valence-corrected chi connectivity index (χ2v) is 8.74. The molecule has 2 aliphatic rings. The van der Waals surface area contributed by atoms with Gasteiger partial charge in [0.05, 0.1) is 18.2 Å². The van der Waals surface area contributed by atoms with E-state index in [0.29, 0.717) is 43.9 Å². The molecule has 0 unspecified atom stereocenters. The molecule has 0 aliphatic carbocycles. The lowest BCUT2D eigenvalue weighted by Gasteiger charge is -2.43. The van der Waals surface area contributed by atoms with Crippen LogP contribution >= 0.6 is 0 Å². The number of hydrogen-bond acceptors (Lipinski definition) is 5. The summed E-state index contributed by atoms with van der Waals surface area (Å²) in [5, 5.41) is 3.01. The number of benzene rings is 1. The summed E-state index contributed by atoms with van der Waals surface area (Å²) in [6, 6.07) is 6.89. The molecule has 1 aromatic rings. The summed E-state index contributed by atoms with van der Waals surface area (Å²) < 4.78 is 5.47. The quantitative estimate of drug-likeness (QED) is 0.469. The SMILES string of the molecule is C=CCN1C(=O)N[C@@H](c2ccccc2C)C(C(=O)OCC)=C1CN1CCN(C(=O)CC)[C@H](C)C1. The van der Waals surface area contributed by atoms with E-state index in [4.69, 9.17) is 4.74 Å². The fourth-order valence-electron chi connectivity index (χ4n) is 4.75. The normalized spacial score (nSPS) is 21.4. The molecule has 8 heteroatoms. The maximum absolute atomic E-state index is 13.3. The highest BCUT2D eigenvalue weighted by atomic mass is 16.5. The van der Waals surface area contributed by atoms with Crippen molar-refractivity contribution in [1.29, 1.82) is 0 Å². The van der Waals surface area contributed by atoms with Crippen molar-refractivity contribution in [2.24, 2.45) is 0 Å². The molecule has 2 aliphatic heterocycles. The van der Waals surface area contributed by atoms with E-state index in [9.17, 15) is 14.4 Å². The Labute approximate surface area is 202 Å². The molecular formula is C26H36N4O4. The van der Waals surface area contributed by atoms with Gasteiger partial charge in [0, 0.05) is 50.9 Å². The van der Waals surface area contributed by atoms with E-state index in [1.54, 1.807) is 17.9 Å². The highest BCUT2D eigenvalue weighted by molar-refractivity contribution is 5.95. The van der Waals surface area contributed by atoms with E-state index in [0.717, 1.165) is 11.1 Å². The number of amides is 3. The number of hydrogen-bond donors (Lipinski definition) is 1. The van der Waals surface area contributed by atoms with Crippen molar-refractivity contribution in [2.45, 2.75) is 46.2 Å². The van der Waals surface area contributed by atoms with Gasteiger partial charge in [-0.2, -0.15) is 0 Å². The molecule has 0 saturated carbocycles. The Hall–Kier alpha value is -3.13. The topological polar surface area (TPSA) is 82.2 Å². The molecule has 0 spiro atoms. The van der Waals surface area contributed by atoms with Gasteiger partial charge < -0.3 is 15.0 Å². The fourth-order valence-corrected chi connectivity index (χ4v) is 4.75. The minimum absolute atomic E-state index is 0.0466. The fraction of sp³-hybridized carbons (Fsp3) is 0.500. The Morgan fingerprint density at radius 1 is 1.24 bits per heavy atom. The summed E-state index contributed by atoms with van der Waals surface area (Å²) in [5.74, 6) is -0.295. The minimum Gasteiger partial charge on any atom is -0.463 e. The number of rotatable bonds is 8. The van der Waals surface area contributed by atoms with Crippen LogP contribution < -0.4 is 5.32 Å². The van der Waals surface area contributed by atoms with Crippen LogP contribution in [-0.2, 0) is 14.3 Å². The highest BCUT2D eigenvalue weighted by Crippen LogP contribution is 2.33. The molecule has 2 heterocycles. The molecule has 8 nitrogen and oxygen atoms in total. The number of esters is 1. The molecule has 34 heavy (non-hydrogen) atoms. The van der Waals surface area contributed by atoms with Gasteiger partial charge in [0.25, 0.3) is 0 Å². The number of urea groups is 1. The van der Waals surface area contributed by atoms with Crippen LogP contribution in [-0.4, -0.2) is 78.0 Å². The van der Waals surface area contributed by atoms with Gasteiger partial charge in [0.2, 0.25) is 5.91 Å². The first-order valence-electron chi connectivity index (χ1n) is 12.0. The van der Waals surface area contributed by atoms with Crippen LogP contribution in [0, 0.1) is 6.92 Å². The first kappa shape index (κ1) is 25.5. The predicted molar refractivity (Wildman–Crippen MR) is 131 cm³/mol. The second kappa shape index (κ2) is 11.3. The Kier molecular flexibility index (Phi) is 8.50. The molecule has 3 amide bonds. The summed E-state index contributed by atoms with van der Waals surface area (Å²) in [5.41, 5.74) is 2.91. The second-order valence-electron chi connectivity index (χ2n) is 8.74. The smallest absolute Gasteiger partial charge is 0.338 e. The summed E-state index contributed by atoms with van der Waals surface area (Å²) >= 11 is 0. The van der Waals surface area contributed by atoms with Gasteiger partial charge in [-0.3, -0.25) is 14.6 Å². The third-order valence-corrected chi connectivity index (χ3v) is 6.45. The van der Waals surface area contributed by atoms with Crippen molar-refractivity contribution in [1.82, 2.24) is 20.0 Å². The zero-order valence-corrected chi connectivity index (χ0v) is 20.7. The van der Waals surface area contributed by atoms with Crippen LogP contribution in [0.3, 0.4) is 0 Å². The van der Waals surface area contributed by atoms with Crippen molar-refractivity contribution in [2.75, 3.05) is 39.3 Å². The van der Waals surface area contributed by atoms with Crippen molar-refractivity contribution in [3.05, 3.63) is 59.3 Å². The van der Waals surface area contributed by atoms with Crippen molar-refractivity contribution >= 4 is 17.9 Å². The Morgan fingerprint density at radius 2 is 1.97 bits per heavy atom. The van der Waals surface area contributed by atoms with Crippen molar-refractivity contribution < 1.29 is 19.1 Å². The van der Waals surface area contributed by atoms with Crippen LogP contribution in [0.25, 0.3) is 0 Å². The molecule has 1 N–H and O–H groups in total. The average molecular weight is 469 g/mol. The van der Waals surface area contributed by atoms with Crippen LogP contribution in [0.1, 0.15) is 44.4 Å². The van der Waals surface area contributed by atoms with E-state index in [-0.39, 0.29) is 31.1 Å². The average Bonchev–Trinajstić information content (AvgIpc) is 2.81. The zero-order chi connectivity index (χ0) is 24.8. The summed E-state index contributed by atoms with van der Waals surface area (Å²) in [6.45, 7) is 14.3. The first-order chi connectivity index (χ1) is 16.3. The molecule has 1 saturated heterocycles. The molecule has 0 radical (unpaired) electrons. The van der Waals surface area contributed by atoms with Gasteiger partial charge >= 0.3 is 12.0 Å². The van der Waals surface area contributed by atoms with Gasteiger partial charge in [0.15, 0.2) is 0 Å². The highest BCUT2D eigenvalue weighted by Gasteiger charge is 2.39. The van der Waals surface area contributed by atoms with Gasteiger partial charge in [-0.25, -0.2) is 9.59 Å². The number of carbonyl (C=O) groups excluding carboxylic acids is 3. The summed E-state index contributed by atoms with van der Waals surface area (Å²) in [6.07, 6.45) is 2.13. The zero-order valence-electron chi connectivity index (χ0n) is 20.7. The van der Waals surface area contributed by atoms with E-state index in [1.165, 1.54) is 0 Å². The lowest BCUT2D eigenvalue weighted by Crippen LogP contribution is -2.56. The molecule has 184 valence electrons. The largest absolute Gasteiger partial charge is 0.463 e. The lowest BCUT2D eigenvalue weighted by atomic mass is 9.91. The van der Waals surface area contributed by atoms with Crippen LogP contribution in [0.2, 0.25) is 0 Å². The van der Waals surface area contributed by atoms with Crippen LogP contribution in [0.5, 0.6) is 0 Å². The number of piperazine rings is 1. The van der Waals surface area contributed by atoms with E-state index >= 15 is 0 Å². The molecule has 2 atom stereocenters. The number of carbonyl (C=O) groups is 3. The molecule has 0 aromatic heterocycles. The maximum atomic E-state index is 13.3. The van der Waals surface area contributed by atoms with Gasteiger partial charge in [-0.15, -0.1) is 6.58 Å². The number of aryl methyl sites for hydroxylation is 1. The number of nitrogens with one attached hydrogen (secondary N) is 1. The molecule has 3 rings (SSSR count). The summed E-state index contributed by atoms with van der Waals surface area (Å²) in [4.78, 5) is 44.4. The minimum atomic E-state index is -0.607. The predicted octanol–water partition coefficient (Wildman–Crippen LogP) is 3.01. The number of ether oxygens (including phenoxy) is 1. The Balaban J connectivity index is 2.04. The van der Waals surface area contributed by atoms with Gasteiger partial charge in [0.1, 0.15) is 0 Å². The van der Waals surface area contributed by atoms with Gasteiger partial charge in [-0.1, -0.05) is 37.3 Å². The monoisotopic (exact) mass is 468 g/mol. The van der Waals surface area contributed by atoms with Crippen LogP contribution in [0.4, 0.5) is 4.79 Å². The molecular weight excluding hydrogens is 432 g/mol. The first-order valence-corrected chi connectivity index (χ1v) is 12.0. The third-order valence-electron chi connectivity index (χ3n) is 6.45. The van der Waals surface area contributed by atoms with E-state index in [1.807, 2.05) is 49.9 Å². The van der Waals surface area contributed by atoms with Crippen molar-refractivity contribution in [3.8, 4) is 0 Å². The summed E-state index contributed by atoms with van der Waals surface area (Å²) in [7, 11) is 0. The third kappa shape index (κ3) is 5.33. The van der Waals surface area contributed by atoms with Crippen LogP contribution in [0.15, 0.2) is 48.2 Å². The number of nitrogens with zero attached hydrogens (tertiary/aromatic N) is 3. The van der Waals surface area contributed by atoms with Gasteiger partial charge in [-0.05, 0) is 31.9 Å². The Morgan fingerprint density at radius 3 is 2.59 bits per heavy atom. The molecule has 0 bridgehead atoms. The standard InChI is InChI=1S/C26H36N4O4/c1-6-13-30-21(17-28-14-15-29(19(5)16-28)22(31)7-2)23(25(32)34-8-3)24(27-26(30)33)20-12-10-9-11-18(20)4/h6,9-12,19,24H,1,7-8,13-17H2,2-5H3,(H,27,33)/t19-,24+/m1/s1. The maximum Gasteiger partial charge on any atom is 0.338 e. The van der Waals surface area contributed by atoms with E-state index in [2.05, 4.69) is 16.8 Å². The van der Waals surface area contributed by atoms with Crippen molar-refractivity contribution in [3.63, 3.8) is 0 Å². The van der Waals surface area contributed by atoms with E-state index < -0.39 is 12.0 Å². The molecule has 1 aromatic carbocycles. The lowest BCUT2D eigenvalue weighted by molar-refractivity contribution is -0.139.